The molecular formula is C48H55N5O12. The summed E-state index contributed by atoms with van der Waals surface area (Å²) in [6, 6.07) is 16.4. The Balaban J connectivity index is 0.000000255. The third-order valence-electron chi connectivity index (χ3n) is 12.1. The molecule has 2 amide bonds. The number of aliphatic hydroxyl groups is 3. The van der Waals surface area contributed by atoms with E-state index in [-0.39, 0.29) is 65.3 Å². The molecule has 7 rings (SSSR count). The molecule has 0 bridgehead atoms. The molecule has 3 aromatic carbocycles. The minimum atomic E-state index is -2.73. The number of aromatic hydroxyl groups is 2. The molecule has 1 saturated carbocycles. The molecule has 4 aromatic rings. The highest BCUT2D eigenvalue weighted by atomic mass is 16.4. The number of fused-ring (bicyclic) bond motifs is 4. The molecule has 3 aliphatic carbocycles. The van der Waals surface area contributed by atoms with Crippen LogP contribution in [0.15, 0.2) is 86.8 Å². The number of hydrogen-bond donors (Lipinski definition) is 8. The average molecular weight is 894 g/mol. The van der Waals surface area contributed by atoms with Crippen LogP contribution in [0.1, 0.15) is 68.7 Å². The van der Waals surface area contributed by atoms with Gasteiger partial charge in [0.1, 0.15) is 40.0 Å². The number of aliphatic hydroxyl groups excluding tert-OH is 2. The minimum Gasteiger partial charge on any atom is -0.508 e. The summed E-state index contributed by atoms with van der Waals surface area (Å²) >= 11 is 0. The third kappa shape index (κ3) is 8.86. The second kappa shape index (κ2) is 18.0. The average Bonchev–Trinajstić information content (AvgIpc) is 3.21. The topological polar surface area (TPSA) is 273 Å². The van der Waals surface area contributed by atoms with E-state index in [1.165, 1.54) is 11.8 Å². The molecule has 9 N–H and O–H groups in total. The number of ketones is 3. The van der Waals surface area contributed by atoms with Crippen molar-refractivity contribution in [1.29, 1.82) is 0 Å². The lowest BCUT2D eigenvalue weighted by Gasteiger charge is -2.50. The Kier molecular flexibility index (Phi) is 13.2. The zero-order chi connectivity index (χ0) is 48.0. The van der Waals surface area contributed by atoms with Crippen molar-refractivity contribution in [1.82, 2.24) is 10.2 Å². The summed E-state index contributed by atoms with van der Waals surface area (Å²) < 4.78 is 5.33. The zero-order valence-electron chi connectivity index (χ0n) is 37.5. The second-order valence-corrected chi connectivity index (χ2v) is 18.2. The van der Waals surface area contributed by atoms with Crippen LogP contribution in [0, 0.1) is 11.8 Å². The monoisotopic (exact) mass is 893 g/mol. The Morgan fingerprint density at radius 3 is 2.15 bits per heavy atom. The Bertz CT molecular complexity index is 2730. The summed E-state index contributed by atoms with van der Waals surface area (Å²) in [7, 11) is 6.58. The Hall–Kier alpha value is -6.82. The van der Waals surface area contributed by atoms with Crippen LogP contribution in [-0.2, 0) is 30.4 Å². The van der Waals surface area contributed by atoms with E-state index in [2.05, 4.69) is 10.6 Å². The first-order valence-electron chi connectivity index (χ1n) is 20.9. The molecule has 0 saturated heterocycles. The predicted octanol–water partition coefficient (Wildman–Crippen LogP) is 3.97. The number of nitrogens with one attached hydrogen (secondary N) is 2. The van der Waals surface area contributed by atoms with E-state index in [9.17, 15) is 54.3 Å². The largest absolute Gasteiger partial charge is 0.508 e. The van der Waals surface area contributed by atoms with Crippen molar-refractivity contribution in [3.63, 3.8) is 0 Å². The molecule has 1 heterocycles. The standard InChI is InChI=1S/C29H39N5O8.C19H16O4/c1-28(2,3)31-11-17(35)32-15-10-16(33(4)5)13-8-12-9-14-21(34(6)7)24(38)20(27(30)41)26(40)29(14,42)25(39)18(12)23(37)19(13)22(15)36;1-12(20)11-15(13-7-3-2-4-8-13)17-18(21)14-9-5-6-10-16(14)23-19(17)22/h10,12,14,21,31,36-37,40,42H,8-9,11H2,1-7H3,(H2,30,41)(H,32,35);2-10,15,21H,11H2,1H3/t12-,14-,21-,29-;/m0./s1. The van der Waals surface area contributed by atoms with E-state index in [0.29, 0.717) is 22.2 Å². The van der Waals surface area contributed by atoms with Gasteiger partial charge in [-0.2, -0.15) is 0 Å². The maximum atomic E-state index is 14.0. The fourth-order valence-corrected chi connectivity index (χ4v) is 9.14. The summed E-state index contributed by atoms with van der Waals surface area (Å²) in [4.78, 5) is 79.4. The van der Waals surface area contributed by atoms with Gasteiger partial charge in [-0.3, -0.25) is 28.9 Å². The van der Waals surface area contributed by atoms with Crippen molar-refractivity contribution in [2.45, 2.75) is 70.1 Å². The van der Waals surface area contributed by atoms with E-state index >= 15 is 0 Å². The van der Waals surface area contributed by atoms with Crippen molar-refractivity contribution in [3.05, 3.63) is 110 Å². The number of phenols is 1. The number of phenolic OH excluding ortho intramolecular Hbond substituents is 1. The molecule has 1 fully saturated rings. The molecule has 1 unspecified atom stereocenters. The van der Waals surface area contributed by atoms with Crippen molar-refractivity contribution in [2.24, 2.45) is 17.6 Å². The second-order valence-electron chi connectivity index (χ2n) is 18.2. The fourth-order valence-electron chi connectivity index (χ4n) is 9.14. The summed E-state index contributed by atoms with van der Waals surface area (Å²) in [5.74, 6) is -8.50. The number of Topliss-reactive ketones (excluding diaryl/α,β-unsaturated/α-hetero) is 3. The smallest absolute Gasteiger partial charge is 0.343 e. The molecule has 0 spiro atoms. The Morgan fingerprint density at radius 1 is 0.938 bits per heavy atom. The fraction of sp³-hybridized carbons (Fsp3) is 0.375. The van der Waals surface area contributed by atoms with Gasteiger partial charge in [-0.15, -0.1) is 0 Å². The van der Waals surface area contributed by atoms with Gasteiger partial charge < -0.3 is 51.2 Å². The first kappa shape index (κ1) is 47.7. The first-order chi connectivity index (χ1) is 30.4. The predicted molar refractivity (Wildman–Crippen MR) is 243 cm³/mol. The summed E-state index contributed by atoms with van der Waals surface area (Å²) in [6.07, 6.45) is 0.243. The van der Waals surface area contributed by atoms with Crippen LogP contribution in [0.3, 0.4) is 0 Å². The Morgan fingerprint density at radius 2 is 1.57 bits per heavy atom. The number of primary amides is 1. The van der Waals surface area contributed by atoms with Crippen LogP contribution < -0.4 is 26.9 Å². The summed E-state index contributed by atoms with van der Waals surface area (Å²) in [5.41, 5.74) is 2.75. The van der Waals surface area contributed by atoms with E-state index in [1.54, 1.807) is 63.4 Å². The number of nitrogens with zero attached hydrogens (tertiary/aromatic N) is 2. The van der Waals surface area contributed by atoms with E-state index in [0.717, 1.165) is 5.56 Å². The first-order valence-corrected chi connectivity index (χ1v) is 20.9. The zero-order valence-corrected chi connectivity index (χ0v) is 37.5. The lowest BCUT2D eigenvalue weighted by Crippen LogP contribution is -2.65. The van der Waals surface area contributed by atoms with Crippen molar-refractivity contribution >= 4 is 57.3 Å². The normalized spacial score (nSPS) is 20.9. The maximum absolute atomic E-state index is 14.0. The molecule has 17 heteroatoms. The van der Waals surface area contributed by atoms with Crippen LogP contribution in [-0.4, -0.2) is 112 Å². The highest BCUT2D eigenvalue weighted by molar-refractivity contribution is 6.24. The van der Waals surface area contributed by atoms with Gasteiger partial charge >= 0.3 is 5.63 Å². The molecule has 0 aliphatic heterocycles. The van der Waals surface area contributed by atoms with Gasteiger partial charge in [0, 0.05) is 49.2 Å². The SMILES string of the molecule is CC(=O)CC(c1ccccc1)c1c(O)c2ccccc2oc1=O.CN(C)c1cc(NC(=O)CNC(C)(C)C)c(O)c2c1C[C@H]1C[C@H]3[C@H](N(C)C)C(=O)C(C(N)=O)=C(O)[C@@]3(O)C(=O)C1=C2O. The van der Waals surface area contributed by atoms with Crippen LogP contribution in [0.4, 0.5) is 11.4 Å². The van der Waals surface area contributed by atoms with Gasteiger partial charge in [0.15, 0.2) is 11.4 Å². The van der Waals surface area contributed by atoms with Gasteiger partial charge in [-0.1, -0.05) is 42.5 Å². The van der Waals surface area contributed by atoms with E-state index in [4.69, 9.17) is 10.2 Å². The number of anilines is 2. The number of likely N-dealkylation sites (N-methyl/N-ethyl adjacent to an activating group) is 1. The van der Waals surface area contributed by atoms with Crippen LogP contribution in [0.25, 0.3) is 16.7 Å². The van der Waals surface area contributed by atoms with Crippen LogP contribution in [0.2, 0.25) is 0 Å². The third-order valence-corrected chi connectivity index (χ3v) is 12.1. The Labute approximate surface area is 374 Å². The molecular weight excluding hydrogens is 839 g/mol. The molecule has 65 heavy (non-hydrogen) atoms. The van der Waals surface area contributed by atoms with Crippen molar-refractivity contribution in [2.75, 3.05) is 45.0 Å². The number of carbonyl (C=O) groups excluding carboxylic acids is 5. The van der Waals surface area contributed by atoms with Crippen molar-refractivity contribution in [3.8, 4) is 11.5 Å². The molecule has 344 valence electrons. The van der Waals surface area contributed by atoms with Gasteiger partial charge in [0.25, 0.3) is 5.91 Å². The summed E-state index contributed by atoms with van der Waals surface area (Å²) in [5, 5.41) is 62.4. The molecule has 17 nitrogen and oxygen atoms in total. The van der Waals surface area contributed by atoms with Gasteiger partial charge in [-0.05, 0) is 89.9 Å². The van der Waals surface area contributed by atoms with E-state index in [1.807, 2.05) is 51.1 Å². The minimum absolute atomic E-state index is 0.00158. The lowest BCUT2D eigenvalue weighted by atomic mass is 9.57. The van der Waals surface area contributed by atoms with Gasteiger partial charge in [-0.25, -0.2) is 4.79 Å². The number of hydrogen-bond acceptors (Lipinski definition) is 15. The lowest BCUT2D eigenvalue weighted by molar-refractivity contribution is -0.153. The van der Waals surface area contributed by atoms with Gasteiger partial charge in [0.05, 0.1) is 34.8 Å². The highest BCUT2D eigenvalue weighted by Gasteiger charge is 2.64. The number of para-hydroxylation sites is 1. The maximum Gasteiger partial charge on any atom is 0.343 e. The number of benzene rings is 3. The molecule has 5 atom stereocenters. The highest BCUT2D eigenvalue weighted by Crippen LogP contribution is 2.54. The van der Waals surface area contributed by atoms with Crippen LogP contribution >= 0.6 is 0 Å². The van der Waals surface area contributed by atoms with E-state index < -0.39 is 81.2 Å². The molecule has 0 radical (unpaired) electrons. The number of rotatable bonds is 10. The quantitative estimate of drug-likeness (QED) is 0.0636. The number of amides is 2. The molecule has 3 aliphatic rings. The number of carbonyl (C=O) groups is 5. The molecule has 1 aromatic heterocycles. The van der Waals surface area contributed by atoms with Crippen LogP contribution in [0.5, 0.6) is 11.5 Å². The van der Waals surface area contributed by atoms with Gasteiger partial charge in [0.2, 0.25) is 11.7 Å². The number of nitrogens with two attached hydrogens (primary N) is 1. The summed E-state index contributed by atoms with van der Waals surface area (Å²) in [6.45, 7) is 7.09. The van der Waals surface area contributed by atoms with Crippen molar-refractivity contribution < 1.29 is 53.9 Å².